The Morgan fingerprint density at radius 3 is 2.31 bits per heavy atom. The van der Waals surface area contributed by atoms with Crippen LogP contribution in [0.4, 0.5) is 0 Å². The molecule has 0 fully saturated rings. The lowest BCUT2D eigenvalue weighted by atomic mass is 10.0. The Morgan fingerprint density at radius 2 is 1.66 bits per heavy atom. The van der Waals surface area contributed by atoms with E-state index in [0.717, 1.165) is 22.0 Å². The Labute approximate surface area is 220 Å². The molecule has 0 unspecified atom stereocenters. The molecule has 0 aromatic heterocycles. The first-order valence-electron chi connectivity index (χ1n) is 11.6. The van der Waals surface area contributed by atoms with Crippen molar-refractivity contribution >= 4 is 39.3 Å². The van der Waals surface area contributed by atoms with Crippen molar-refractivity contribution in [3.05, 3.63) is 99.5 Å². The monoisotopic (exact) mass is 556 g/mol. The van der Waals surface area contributed by atoms with Crippen LogP contribution in [0.2, 0.25) is 5.02 Å². The predicted molar refractivity (Wildman–Crippen MR) is 143 cm³/mol. The molecule has 0 bridgehead atoms. The summed E-state index contributed by atoms with van der Waals surface area (Å²) in [6.07, 6.45) is 1.16. The first kappa shape index (κ1) is 26.8. The first-order valence-corrected chi connectivity index (χ1v) is 12.8. The molecular weight excluding hydrogens is 528 g/mol. The molecule has 2 atom stereocenters. The summed E-state index contributed by atoms with van der Waals surface area (Å²) in [7, 11) is 0. The Morgan fingerprint density at radius 1 is 1.00 bits per heavy atom. The summed E-state index contributed by atoms with van der Waals surface area (Å²) in [5, 5.41) is 3.60. The van der Waals surface area contributed by atoms with Gasteiger partial charge in [0, 0.05) is 28.5 Å². The highest BCUT2D eigenvalue weighted by molar-refractivity contribution is 9.10. The average molecular weight is 558 g/mol. The molecule has 0 spiro atoms. The minimum absolute atomic E-state index is 0.0166. The summed E-state index contributed by atoms with van der Waals surface area (Å²) >= 11 is 9.83. The van der Waals surface area contributed by atoms with E-state index in [4.69, 9.17) is 16.3 Å². The topological polar surface area (TPSA) is 58.6 Å². The molecule has 3 aromatic rings. The average Bonchev–Trinajstić information content (AvgIpc) is 2.87. The summed E-state index contributed by atoms with van der Waals surface area (Å²) in [6, 6.07) is 23.6. The number of benzene rings is 3. The van der Waals surface area contributed by atoms with Crippen LogP contribution >= 0.6 is 27.5 Å². The summed E-state index contributed by atoms with van der Waals surface area (Å²) in [5.74, 6) is 0.0724. The van der Waals surface area contributed by atoms with Crippen LogP contribution in [-0.2, 0) is 22.6 Å². The van der Waals surface area contributed by atoms with Gasteiger partial charge >= 0.3 is 0 Å². The second-order valence-electron chi connectivity index (χ2n) is 8.38. The maximum atomic E-state index is 13.6. The van der Waals surface area contributed by atoms with Crippen LogP contribution in [0.1, 0.15) is 31.4 Å². The Hall–Kier alpha value is -2.83. The molecule has 0 heterocycles. The van der Waals surface area contributed by atoms with Crippen molar-refractivity contribution in [2.24, 2.45) is 0 Å². The third kappa shape index (κ3) is 8.11. The van der Waals surface area contributed by atoms with E-state index in [9.17, 15) is 9.59 Å². The fourth-order valence-corrected chi connectivity index (χ4v) is 4.02. The number of hydrogen-bond acceptors (Lipinski definition) is 3. The zero-order valence-corrected chi connectivity index (χ0v) is 22.3. The SMILES string of the molecule is CC[C@@H](C)NC(=O)[C@@H](Cc1ccccc1)N(Cc1ccccc1Cl)C(=O)COc1ccc(Br)cc1. The molecule has 7 heteroatoms. The zero-order chi connectivity index (χ0) is 25.2. The van der Waals surface area contributed by atoms with Crippen LogP contribution in [0.15, 0.2) is 83.3 Å². The zero-order valence-electron chi connectivity index (χ0n) is 19.9. The molecule has 184 valence electrons. The lowest BCUT2D eigenvalue weighted by molar-refractivity contribution is -0.143. The summed E-state index contributed by atoms with van der Waals surface area (Å²) in [6.45, 7) is 3.95. The minimum atomic E-state index is -0.733. The molecule has 3 rings (SSSR count). The lowest BCUT2D eigenvalue weighted by Crippen LogP contribution is -2.53. The quantitative estimate of drug-likeness (QED) is 0.313. The third-order valence-corrected chi connectivity index (χ3v) is 6.64. The number of hydrogen-bond donors (Lipinski definition) is 1. The van der Waals surface area contributed by atoms with Crippen molar-refractivity contribution in [3.8, 4) is 5.75 Å². The number of rotatable bonds is 11. The van der Waals surface area contributed by atoms with Crippen LogP contribution in [-0.4, -0.2) is 35.4 Å². The normalized spacial score (nSPS) is 12.5. The highest BCUT2D eigenvalue weighted by atomic mass is 79.9. The van der Waals surface area contributed by atoms with Gasteiger partial charge in [-0.2, -0.15) is 0 Å². The lowest BCUT2D eigenvalue weighted by Gasteiger charge is -2.32. The summed E-state index contributed by atoms with van der Waals surface area (Å²) < 4.78 is 6.70. The number of amides is 2. The van der Waals surface area contributed by atoms with Gasteiger partial charge in [0.15, 0.2) is 6.61 Å². The number of nitrogens with one attached hydrogen (secondary N) is 1. The Bertz CT molecular complexity index is 1110. The maximum absolute atomic E-state index is 13.6. The molecule has 0 radical (unpaired) electrons. The molecule has 2 amide bonds. The van der Waals surface area contributed by atoms with Gasteiger partial charge in [-0.25, -0.2) is 0 Å². The van der Waals surface area contributed by atoms with Crippen LogP contribution < -0.4 is 10.1 Å². The molecule has 0 aliphatic rings. The van der Waals surface area contributed by atoms with Gasteiger partial charge in [0.2, 0.25) is 5.91 Å². The van der Waals surface area contributed by atoms with Gasteiger partial charge in [0.25, 0.3) is 5.91 Å². The molecule has 3 aromatic carbocycles. The second-order valence-corrected chi connectivity index (χ2v) is 9.70. The highest BCUT2D eigenvalue weighted by Crippen LogP contribution is 2.21. The van der Waals surface area contributed by atoms with E-state index in [2.05, 4.69) is 21.2 Å². The first-order chi connectivity index (χ1) is 16.9. The van der Waals surface area contributed by atoms with Crippen LogP contribution in [0.25, 0.3) is 0 Å². The van der Waals surface area contributed by atoms with Crippen molar-refractivity contribution in [2.75, 3.05) is 6.61 Å². The Kier molecular flexibility index (Phi) is 10.2. The van der Waals surface area contributed by atoms with Crippen LogP contribution in [0, 0.1) is 0 Å². The second kappa shape index (κ2) is 13.3. The third-order valence-electron chi connectivity index (χ3n) is 5.75. The van der Waals surface area contributed by atoms with Gasteiger partial charge in [-0.1, -0.05) is 83.0 Å². The van der Waals surface area contributed by atoms with Crippen molar-refractivity contribution in [1.82, 2.24) is 10.2 Å². The van der Waals surface area contributed by atoms with Gasteiger partial charge in [-0.05, 0) is 54.8 Å². The summed E-state index contributed by atoms with van der Waals surface area (Å²) in [4.78, 5) is 28.6. The van der Waals surface area contributed by atoms with Gasteiger partial charge < -0.3 is 15.0 Å². The van der Waals surface area contributed by atoms with Crippen LogP contribution in [0.5, 0.6) is 5.75 Å². The Balaban J connectivity index is 1.91. The van der Waals surface area contributed by atoms with E-state index in [1.54, 1.807) is 23.1 Å². The molecule has 0 saturated carbocycles. The van der Waals surface area contributed by atoms with Crippen molar-refractivity contribution < 1.29 is 14.3 Å². The number of carbonyl (C=O) groups is 2. The van der Waals surface area contributed by atoms with E-state index >= 15 is 0 Å². The van der Waals surface area contributed by atoms with Crippen LogP contribution in [0.3, 0.4) is 0 Å². The largest absolute Gasteiger partial charge is 0.484 e. The smallest absolute Gasteiger partial charge is 0.261 e. The van der Waals surface area contributed by atoms with Gasteiger partial charge in [-0.15, -0.1) is 0 Å². The number of halogens is 2. The van der Waals surface area contributed by atoms with E-state index in [1.807, 2.05) is 74.5 Å². The van der Waals surface area contributed by atoms with Crippen molar-refractivity contribution in [3.63, 3.8) is 0 Å². The van der Waals surface area contributed by atoms with E-state index in [0.29, 0.717) is 17.2 Å². The van der Waals surface area contributed by atoms with E-state index in [1.165, 1.54) is 0 Å². The standard InChI is InChI=1S/C28H30BrClN2O3/c1-3-20(2)31-28(34)26(17-21-9-5-4-6-10-21)32(18-22-11-7-8-12-25(22)30)27(33)19-35-24-15-13-23(29)14-16-24/h4-16,20,26H,3,17-19H2,1-2H3,(H,31,34)/t20-,26-/m1/s1. The van der Waals surface area contributed by atoms with Gasteiger partial charge in [0.05, 0.1) is 0 Å². The van der Waals surface area contributed by atoms with Gasteiger partial charge in [0.1, 0.15) is 11.8 Å². The number of ether oxygens (including phenoxy) is 1. The van der Waals surface area contributed by atoms with E-state index in [-0.39, 0.29) is 31.0 Å². The molecule has 35 heavy (non-hydrogen) atoms. The van der Waals surface area contributed by atoms with Crippen molar-refractivity contribution in [1.29, 1.82) is 0 Å². The number of carbonyl (C=O) groups excluding carboxylic acids is 2. The molecule has 1 N–H and O–H groups in total. The fraction of sp³-hybridized carbons (Fsp3) is 0.286. The highest BCUT2D eigenvalue weighted by Gasteiger charge is 2.31. The molecular formula is C28H30BrClN2O3. The molecule has 5 nitrogen and oxygen atoms in total. The van der Waals surface area contributed by atoms with Crippen molar-refractivity contribution in [2.45, 2.75) is 45.3 Å². The molecule has 0 saturated heterocycles. The van der Waals surface area contributed by atoms with E-state index < -0.39 is 6.04 Å². The minimum Gasteiger partial charge on any atom is -0.484 e. The fourth-order valence-electron chi connectivity index (χ4n) is 3.56. The number of nitrogens with zero attached hydrogens (tertiary/aromatic N) is 1. The summed E-state index contributed by atoms with van der Waals surface area (Å²) in [5.41, 5.74) is 1.73. The molecule has 0 aliphatic heterocycles. The maximum Gasteiger partial charge on any atom is 0.261 e. The molecule has 0 aliphatic carbocycles. The van der Waals surface area contributed by atoms with Gasteiger partial charge in [-0.3, -0.25) is 9.59 Å². The predicted octanol–water partition coefficient (Wildman–Crippen LogP) is 6.04.